The lowest BCUT2D eigenvalue weighted by Crippen LogP contribution is -2.14. The second-order valence-electron chi connectivity index (χ2n) is 3.93. The summed E-state index contributed by atoms with van der Waals surface area (Å²) in [6.45, 7) is 0. The van der Waals surface area contributed by atoms with Crippen molar-refractivity contribution < 1.29 is 19.1 Å². The van der Waals surface area contributed by atoms with E-state index in [-0.39, 0.29) is 27.1 Å². The SMILES string of the molecule is O=C(O)c1ccc(F)c(NC(=O)c2ccc(Cl)nc2Cl)c1. The topological polar surface area (TPSA) is 79.3 Å². The second kappa shape index (κ2) is 6.07. The van der Waals surface area contributed by atoms with Crippen LogP contribution in [-0.4, -0.2) is 22.0 Å². The zero-order valence-electron chi connectivity index (χ0n) is 10.2. The standard InChI is InChI=1S/C13H7Cl2FN2O3/c14-10-4-2-7(11(15)18-10)12(19)17-9-5-6(13(20)21)1-3-8(9)16/h1-5H,(H,17,19)(H,20,21). The van der Waals surface area contributed by atoms with E-state index < -0.39 is 17.7 Å². The lowest BCUT2D eigenvalue weighted by molar-refractivity contribution is 0.0696. The molecular weight excluding hydrogens is 322 g/mol. The number of aromatic carboxylic acids is 1. The molecule has 0 saturated heterocycles. The zero-order chi connectivity index (χ0) is 15.6. The van der Waals surface area contributed by atoms with Crippen molar-refractivity contribution in [3.8, 4) is 0 Å². The van der Waals surface area contributed by atoms with Gasteiger partial charge in [-0.05, 0) is 30.3 Å². The molecule has 0 unspecified atom stereocenters. The lowest BCUT2D eigenvalue weighted by Gasteiger charge is -2.08. The molecular formula is C13H7Cl2FN2O3. The summed E-state index contributed by atoms with van der Waals surface area (Å²) in [6, 6.07) is 5.72. The lowest BCUT2D eigenvalue weighted by atomic mass is 10.2. The second-order valence-corrected chi connectivity index (χ2v) is 4.67. The maximum atomic E-state index is 13.6. The molecule has 1 aromatic heterocycles. The number of carbonyl (C=O) groups is 2. The highest BCUT2D eigenvalue weighted by Gasteiger charge is 2.15. The summed E-state index contributed by atoms with van der Waals surface area (Å²) in [6.07, 6.45) is 0. The number of carbonyl (C=O) groups excluding carboxylic acids is 1. The zero-order valence-corrected chi connectivity index (χ0v) is 11.7. The Hall–Kier alpha value is -2.18. The van der Waals surface area contributed by atoms with Gasteiger partial charge >= 0.3 is 5.97 Å². The number of hydrogen-bond acceptors (Lipinski definition) is 3. The van der Waals surface area contributed by atoms with Crippen LogP contribution in [0.4, 0.5) is 10.1 Å². The fourth-order valence-corrected chi connectivity index (χ4v) is 1.96. The Morgan fingerprint density at radius 2 is 1.90 bits per heavy atom. The Balaban J connectivity index is 2.31. The van der Waals surface area contributed by atoms with Crippen LogP contribution in [0.25, 0.3) is 0 Å². The van der Waals surface area contributed by atoms with Crippen molar-refractivity contribution >= 4 is 40.8 Å². The molecule has 1 amide bonds. The molecule has 2 rings (SSSR count). The van der Waals surface area contributed by atoms with Crippen molar-refractivity contribution in [2.24, 2.45) is 0 Å². The number of nitrogens with one attached hydrogen (secondary N) is 1. The quantitative estimate of drug-likeness (QED) is 0.845. The van der Waals surface area contributed by atoms with Crippen LogP contribution in [0, 0.1) is 5.82 Å². The van der Waals surface area contributed by atoms with Gasteiger partial charge in [-0.2, -0.15) is 0 Å². The Bertz CT molecular complexity index is 737. The van der Waals surface area contributed by atoms with Gasteiger partial charge in [-0.15, -0.1) is 0 Å². The van der Waals surface area contributed by atoms with Gasteiger partial charge in [-0.1, -0.05) is 23.2 Å². The molecule has 8 heteroatoms. The third-order valence-corrected chi connectivity index (χ3v) is 3.02. The molecule has 2 N–H and O–H groups in total. The van der Waals surface area contributed by atoms with Gasteiger partial charge in [-0.25, -0.2) is 14.2 Å². The van der Waals surface area contributed by atoms with Crippen LogP contribution in [0.3, 0.4) is 0 Å². The first-order valence-electron chi connectivity index (χ1n) is 5.54. The largest absolute Gasteiger partial charge is 0.478 e. The van der Waals surface area contributed by atoms with Crippen LogP contribution in [-0.2, 0) is 0 Å². The summed E-state index contributed by atoms with van der Waals surface area (Å²) >= 11 is 11.4. The maximum Gasteiger partial charge on any atom is 0.335 e. The summed E-state index contributed by atoms with van der Waals surface area (Å²) < 4.78 is 13.6. The molecule has 108 valence electrons. The van der Waals surface area contributed by atoms with E-state index in [0.29, 0.717) is 0 Å². The first-order valence-corrected chi connectivity index (χ1v) is 6.30. The molecule has 1 heterocycles. The van der Waals surface area contributed by atoms with Gasteiger partial charge in [0.25, 0.3) is 5.91 Å². The van der Waals surface area contributed by atoms with Gasteiger partial charge in [0, 0.05) is 0 Å². The summed E-state index contributed by atoms with van der Waals surface area (Å²) in [5, 5.41) is 11.0. The minimum Gasteiger partial charge on any atom is -0.478 e. The number of rotatable bonds is 3. The van der Waals surface area contributed by atoms with Crippen molar-refractivity contribution in [2.75, 3.05) is 5.32 Å². The smallest absolute Gasteiger partial charge is 0.335 e. The number of nitrogens with zero attached hydrogens (tertiary/aromatic N) is 1. The Morgan fingerprint density at radius 3 is 2.52 bits per heavy atom. The number of hydrogen-bond donors (Lipinski definition) is 2. The Labute approximate surface area is 128 Å². The highest BCUT2D eigenvalue weighted by molar-refractivity contribution is 6.35. The molecule has 0 spiro atoms. The highest BCUT2D eigenvalue weighted by Crippen LogP contribution is 2.21. The molecule has 0 aliphatic heterocycles. The van der Waals surface area contributed by atoms with Crippen molar-refractivity contribution in [1.29, 1.82) is 0 Å². The van der Waals surface area contributed by atoms with E-state index in [9.17, 15) is 14.0 Å². The number of carboxylic acid groups (broad SMARTS) is 1. The van der Waals surface area contributed by atoms with E-state index in [1.807, 2.05) is 0 Å². The van der Waals surface area contributed by atoms with E-state index in [0.717, 1.165) is 18.2 Å². The molecule has 0 radical (unpaired) electrons. The molecule has 21 heavy (non-hydrogen) atoms. The molecule has 0 aliphatic carbocycles. The van der Waals surface area contributed by atoms with Crippen LogP contribution < -0.4 is 5.32 Å². The fourth-order valence-electron chi connectivity index (χ4n) is 1.53. The number of carboxylic acids is 1. The predicted octanol–water partition coefficient (Wildman–Crippen LogP) is 3.48. The summed E-state index contributed by atoms with van der Waals surface area (Å²) in [7, 11) is 0. The van der Waals surface area contributed by atoms with Crippen molar-refractivity contribution in [2.45, 2.75) is 0 Å². The normalized spacial score (nSPS) is 10.2. The number of anilines is 1. The van der Waals surface area contributed by atoms with E-state index in [4.69, 9.17) is 28.3 Å². The number of pyridine rings is 1. The number of halogens is 3. The van der Waals surface area contributed by atoms with Crippen molar-refractivity contribution in [3.05, 3.63) is 57.6 Å². The molecule has 5 nitrogen and oxygen atoms in total. The summed E-state index contributed by atoms with van der Waals surface area (Å²) in [5.41, 5.74) is -0.445. The molecule has 0 bridgehead atoms. The minimum absolute atomic E-state index is 0.0128. The van der Waals surface area contributed by atoms with Gasteiger partial charge in [0.1, 0.15) is 16.1 Å². The van der Waals surface area contributed by atoms with Crippen LogP contribution in [0.5, 0.6) is 0 Å². The average molecular weight is 329 g/mol. The van der Waals surface area contributed by atoms with Gasteiger partial charge in [0.15, 0.2) is 0 Å². The average Bonchev–Trinajstić information content (AvgIpc) is 2.40. The van der Waals surface area contributed by atoms with Gasteiger partial charge in [0.2, 0.25) is 0 Å². The monoisotopic (exact) mass is 328 g/mol. The molecule has 0 fully saturated rings. The number of amides is 1. The van der Waals surface area contributed by atoms with Crippen LogP contribution >= 0.6 is 23.2 Å². The van der Waals surface area contributed by atoms with E-state index in [2.05, 4.69) is 10.3 Å². The van der Waals surface area contributed by atoms with Gasteiger partial charge in [0.05, 0.1) is 16.8 Å². The van der Waals surface area contributed by atoms with Gasteiger partial charge < -0.3 is 10.4 Å². The molecule has 0 atom stereocenters. The molecule has 2 aromatic rings. The minimum atomic E-state index is -1.24. The van der Waals surface area contributed by atoms with Crippen LogP contribution in [0.1, 0.15) is 20.7 Å². The summed E-state index contributed by atoms with van der Waals surface area (Å²) in [5.74, 6) is -2.74. The van der Waals surface area contributed by atoms with E-state index in [1.165, 1.54) is 12.1 Å². The van der Waals surface area contributed by atoms with Crippen molar-refractivity contribution in [1.82, 2.24) is 4.98 Å². The van der Waals surface area contributed by atoms with Crippen molar-refractivity contribution in [3.63, 3.8) is 0 Å². The predicted molar refractivity (Wildman–Crippen MR) is 75.6 cm³/mol. The third-order valence-electron chi connectivity index (χ3n) is 2.52. The number of benzene rings is 1. The van der Waals surface area contributed by atoms with Crippen LogP contribution in [0.2, 0.25) is 10.3 Å². The fraction of sp³-hybridized carbons (Fsp3) is 0. The first kappa shape index (κ1) is 15.2. The highest BCUT2D eigenvalue weighted by atomic mass is 35.5. The summed E-state index contributed by atoms with van der Waals surface area (Å²) in [4.78, 5) is 26.5. The van der Waals surface area contributed by atoms with Crippen LogP contribution in [0.15, 0.2) is 30.3 Å². The molecule has 1 aromatic carbocycles. The van der Waals surface area contributed by atoms with Gasteiger partial charge in [-0.3, -0.25) is 4.79 Å². The number of aromatic nitrogens is 1. The Kier molecular flexibility index (Phi) is 4.40. The maximum absolute atomic E-state index is 13.6. The molecule has 0 saturated carbocycles. The Morgan fingerprint density at radius 1 is 1.19 bits per heavy atom. The van der Waals surface area contributed by atoms with E-state index in [1.54, 1.807) is 0 Å². The van der Waals surface area contributed by atoms with E-state index >= 15 is 0 Å². The third kappa shape index (κ3) is 3.48. The first-order chi connectivity index (χ1) is 9.88. The molecule has 0 aliphatic rings.